The maximum Gasteiger partial charge on any atom is 0.175 e. The van der Waals surface area contributed by atoms with E-state index < -0.39 is 0 Å². The highest BCUT2D eigenvalue weighted by molar-refractivity contribution is 9.10. The van der Waals surface area contributed by atoms with E-state index in [9.17, 15) is 0 Å². The van der Waals surface area contributed by atoms with Crippen LogP contribution in [0.3, 0.4) is 0 Å². The van der Waals surface area contributed by atoms with Crippen LogP contribution in [0.4, 0.5) is 0 Å². The first kappa shape index (κ1) is 13.9. The fourth-order valence-electron chi connectivity index (χ4n) is 1.44. The lowest BCUT2D eigenvalue weighted by Gasteiger charge is -2.13. The van der Waals surface area contributed by atoms with Gasteiger partial charge in [-0.25, -0.2) is 0 Å². The van der Waals surface area contributed by atoms with Crippen LogP contribution in [0.5, 0.6) is 11.5 Å². The van der Waals surface area contributed by atoms with Gasteiger partial charge >= 0.3 is 0 Å². The molecule has 0 amide bonds. The van der Waals surface area contributed by atoms with Crippen LogP contribution < -0.4 is 15.2 Å². The lowest BCUT2D eigenvalue weighted by atomic mass is 10.1. The number of terminal acetylenes is 1. The minimum Gasteiger partial charge on any atom is -0.493 e. The van der Waals surface area contributed by atoms with Crippen molar-refractivity contribution in [2.45, 2.75) is 12.8 Å². The molecule has 0 aromatic heterocycles. The zero-order valence-corrected chi connectivity index (χ0v) is 11.4. The summed E-state index contributed by atoms with van der Waals surface area (Å²) in [5, 5.41) is 0. The smallest absolute Gasteiger partial charge is 0.175 e. The normalized spacial score (nSPS) is 9.76. The van der Waals surface area contributed by atoms with Gasteiger partial charge in [-0.05, 0) is 46.6 Å². The predicted molar refractivity (Wildman–Crippen MR) is 72.4 cm³/mol. The number of benzene rings is 1. The molecule has 0 unspecified atom stereocenters. The van der Waals surface area contributed by atoms with Crippen LogP contribution in [0, 0.1) is 12.3 Å². The van der Waals surface area contributed by atoms with Gasteiger partial charge in [0.1, 0.15) is 0 Å². The van der Waals surface area contributed by atoms with Crippen molar-refractivity contribution in [2.75, 3.05) is 20.3 Å². The molecule has 0 radical (unpaired) electrons. The summed E-state index contributed by atoms with van der Waals surface area (Å²) >= 11 is 3.46. The molecule has 0 spiro atoms. The molecular formula is C13H16BrNO2. The second-order valence-corrected chi connectivity index (χ2v) is 4.30. The molecule has 3 nitrogen and oxygen atoms in total. The highest BCUT2D eigenvalue weighted by Gasteiger charge is 2.11. The van der Waals surface area contributed by atoms with Crippen LogP contribution >= 0.6 is 15.9 Å². The van der Waals surface area contributed by atoms with Gasteiger partial charge in [0.15, 0.2) is 11.5 Å². The summed E-state index contributed by atoms with van der Waals surface area (Å²) in [4.78, 5) is 0. The van der Waals surface area contributed by atoms with Crippen molar-refractivity contribution in [2.24, 2.45) is 5.73 Å². The average Bonchev–Trinajstić information content (AvgIpc) is 2.32. The number of methoxy groups -OCH3 is 1. The van der Waals surface area contributed by atoms with E-state index in [1.165, 1.54) is 0 Å². The fourth-order valence-corrected chi connectivity index (χ4v) is 2.04. The summed E-state index contributed by atoms with van der Waals surface area (Å²) in [6.45, 7) is 1.08. The number of halogens is 1. The molecule has 0 aliphatic heterocycles. The Bertz CT molecular complexity index is 413. The molecule has 1 aromatic rings. The first-order valence-corrected chi connectivity index (χ1v) is 6.15. The predicted octanol–water partition coefficient (Wildman–Crippen LogP) is 2.36. The molecule has 4 heteroatoms. The minimum absolute atomic E-state index is 0.474. The van der Waals surface area contributed by atoms with Gasteiger partial charge in [-0.3, -0.25) is 0 Å². The first-order valence-electron chi connectivity index (χ1n) is 5.35. The topological polar surface area (TPSA) is 44.5 Å². The maximum atomic E-state index is 5.59. The summed E-state index contributed by atoms with van der Waals surface area (Å²) in [6.07, 6.45) is 6.55. The van der Waals surface area contributed by atoms with Crippen molar-refractivity contribution in [3.05, 3.63) is 22.2 Å². The number of rotatable bonds is 6. The van der Waals surface area contributed by atoms with Gasteiger partial charge in [-0.15, -0.1) is 12.3 Å². The molecule has 0 saturated heterocycles. The van der Waals surface area contributed by atoms with Gasteiger partial charge < -0.3 is 15.2 Å². The van der Waals surface area contributed by atoms with Crippen LogP contribution in [-0.4, -0.2) is 20.3 Å². The molecule has 0 bridgehead atoms. The van der Waals surface area contributed by atoms with Gasteiger partial charge in [-0.1, -0.05) is 0 Å². The third-order valence-electron chi connectivity index (χ3n) is 2.22. The van der Waals surface area contributed by atoms with Crippen molar-refractivity contribution >= 4 is 15.9 Å². The van der Waals surface area contributed by atoms with E-state index in [2.05, 4.69) is 21.9 Å². The number of hydrogen-bond acceptors (Lipinski definition) is 3. The van der Waals surface area contributed by atoms with Crippen LogP contribution in [0.15, 0.2) is 16.6 Å². The standard InChI is InChI=1S/C13H16BrNO2/c1-3-4-7-17-13-11(14)8-10(5-6-15)9-12(13)16-2/h1,8-9H,4-7,15H2,2H3. The van der Waals surface area contributed by atoms with Crippen LogP contribution in [0.1, 0.15) is 12.0 Å². The Morgan fingerprint density at radius 2 is 2.24 bits per heavy atom. The molecule has 1 aromatic carbocycles. The van der Waals surface area contributed by atoms with Gasteiger partial charge in [0.2, 0.25) is 0 Å². The minimum atomic E-state index is 0.474. The lowest BCUT2D eigenvalue weighted by molar-refractivity contribution is 0.299. The zero-order chi connectivity index (χ0) is 12.7. The first-order chi connectivity index (χ1) is 8.22. The number of ether oxygens (including phenoxy) is 2. The summed E-state index contributed by atoms with van der Waals surface area (Å²) in [6, 6.07) is 3.92. The Morgan fingerprint density at radius 3 is 2.82 bits per heavy atom. The lowest BCUT2D eigenvalue weighted by Crippen LogP contribution is -2.04. The van der Waals surface area contributed by atoms with Crippen molar-refractivity contribution in [3.63, 3.8) is 0 Å². The highest BCUT2D eigenvalue weighted by Crippen LogP contribution is 2.36. The van der Waals surface area contributed by atoms with E-state index in [-0.39, 0.29) is 0 Å². The fraction of sp³-hybridized carbons (Fsp3) is 0.385. The molecule has 92 valence electrons. The molecule has 0 atom stereocenters. The third-order valence-corrected chi connectivity index (χ3v) is 2.80. The molecule has 1 rings (SSSR count). The van der Waals surface area contributed by atoms with Gasteiger partial charge in [0.25, 0.3) is 0 Å². The zero-order valence-electron chi connectivity index (χ0n) is 9.83. The van der Waals surface area contributed by atoms with Crippen LogP contribution in [0.25, 0.3) is 0 Å². The molecule has 0 heterocycles. The molecule has 0 aliphatic carbocycles. The van der Waals surface area contributed by atoms with E-state index in [0.29, 0.717) is 31.1 Å². The van der Waals surface area contributed by atoms with Crippen molar-refractivity contribution < 1.29 is 9.47 Å². The SMILES string of the molecule is C#CCCOc1c(Br)cc(CCN)cc1OC. The van der Waals surface area contributed by atoms with Gasteiger partial charge in [-0.2, -0.15) is 0 Å². The number of nitrogens with two attached hydrogens (primary N) is 1. The Labute approximate surface area is 110 Å². The molecule has 0 fully saturated rings. The van der Waals surface area contributed by atoms with Gasteiger partial charge in [0.05, 0.1) is 18.2 Å². The summed E-state index contributed by atoms with van der Waals surface area (Å²) in [5.74, 6) is 3.91. The van der Waals surface area contributed by atoms with E-state index in [4.69, 9.17) is 21.6 Å². The van der Waals surface area contributed by atoms with Crippen LogP contribution in [-0.2, 0) is 6.42 Å². The Balaban J connectivity index is 2.91. The third kappa shape index (κ3) is 3.95. The molecule has 0 saturated carbocycles. The Morgan fingerprint density at radius 1 is 1.47 bits per heavy atom. The van der Waals surface area contributed by atoms with E-state index in [0.717, 1.165) is 16.5 Å². The quantitative estimate of drug-likeness (QED) is 0.648. The monoisotopic (exact) mass is 297 g/mol. The Kier molecular flexibility index (Phi) is 5.88. The second-order valence-electron chi connectivity index (χ2n) is 3.45. The van der Waals surface area contributed by atoms with Crippen molar-refractivity contribution in [3.8, 4) is 23.8 Å². The van der Waals surface area contributed by atoms with E-state index in [1.807, 2.05) is 12.1 Å². The summed E-state index contributed by atoms with van der Waals surface area (Å²) in [5.41, 5.74) is 6.64. The van der Waals surface area contributed by atoms with Gasteiger partial charge in [0, 0.05) is 6.42 Å². The second kappa shape index (κ2) is 7.21. The van der Waals surface area contributed by atoms with E-state index in [1.54, 1.807) is 7.11 Å². The average molecular weight is 298 g/mol. The largest absolute Gasteiger partial charge is 0.493 e. The maximum absolute atomic E-state index is 5.59. The summed E-state index contributed by atoms with van der Waals surface area (Å²) < 4.78 is 11.7. The van der Waals surface area contributed by atoms with E-state index >= 15 is 0 Å². The molecular weight excluding hydrogens is 282 g/mol. The van der Waals surface area contributed by atoms with Crippen LogP contribution in [0.2, 0.25) is 0 Å². The molecule has 0 aliphatic rings. The summed E-state index contributed by atoms with van der Waals surface area (Å²) in [7, 11) is 1.61. The molecule has 2 N–H and O–H groups in total. The Hall–Kier alpha value is -1.18. The molecule has 17 heavy (non-hydrogen) atoms. The van der Waals surface area contributed by atoms with Crippen molar-refractivity contribution in [1.82, 2.24) is 0 Å². The highest BCUT2D eigenvalue weighted by atomic mass is 79.9. The van der Waals surface area contributed by atoms with Crippen molar-refractivity contribution in [1.29, 1.82) is 0 Å². The number of hydrogen-bond donors (Lipinski definition) is 1.